The van der Waals surface area contributed by atoms with Crippen molar-refractivity contribution in [3.8, 4) is 11.6 Å². The van der Waals surface area contributed by atoms with E-state index in [0.29, 0.717) is 31.8 Å². The molecule has 0 radical (unpaired) electrons. The summed E-state index contributed by atoms with van der Waals surface area (Å²) in [6, 6.07) is 3.30. The van der Waals surface area contributed by atoms with Crippen LogP contribution in [0, 0.1) is 0 Å². The molecule has 0 amide bonds. The molecule has 0 spiro atoms. The molecule has 0 aliphatic rings. The minimum absolute atomic E-state index is 0.437. The molecule has 0 aliphatic carbocycles. The van der Waals surface area contributed by atoms with Gasteiger partial charge in [0, 0.05) is 17.6 Å². The summed E-state index contributed by atoms with van der Waals surface area (Å²) in [6.07, 6.45) is 0.734. The molecule has 4 nitrogen and oxygen atoms in total. The van der Waals surface area contributed by atoms with Gasteiger partial charge in [0.1, 0.15) is 11.4 Å². The van der Waals surface area contributed by atoms with Gasteiger partial charge in [-0.05, 0) is 28.4 Å². The van der Waals surface area contributed by atoms with Crippen LogP contribution in [0.15, 0.2) is 16.6 Å². The number of aryl methyl sites for hydroxylation is 2. The van der Waals surface area contributed by atoms with Crippen LogP contribution in [0.4, 0.5) is 5.69 Å². The quantitative estimate of drug-likeness (QED) is 0.819. The molecule has 19 heavy (non-hydrogen) atoms. The van der Waals surface area contributed by atoms with Gasteiger partial charge in [-0.15, -0.1) is 0 Å². The van der Waals surface area contributed by atoms with Crippen LogP contribution in [0.3, 0.4) is 0 Å². The lowest BCUT2D eigenvalue weighted by molar-refractivity contribution is 0.432. The lowest BCUT2D eigenvalue weighted by Crippen LogP contribution is -1.97. The number of hydrogen-bond donors (Lipinski definition) is 1. The molecule has 1 aromatic heterocycles. The number of hydrogen-bond acceptors (Lipinski definition) is 3. The Bertz CT molecular complexity index is 628. The van der Waals surface area contributed by atoms with Gasteiger partial charge in [-0.1, -0.05) is 30.1 Å². The zero-order valence-corrected chi connectivity index (χ0v) is 13.5. The molecule has 1 heterocycles. The summed E-state index contributed by atoms with van der Waals surface area (Å²) in [6.45, 7) is 1.98. The maximum atomic E-state index is 6.11. The SMILES string of the molecule is CCc1nn(C)c(Oc2cc(Cl)c(Br)cc2Cl)c1N. The fourth-order valence-electron chi connectivity index (χ4n) is 1.65. The molecule has 2 rings (SSSR count). The van der Waals surface area contributed by atoms with Crippen LogP contribution in [0.2, 0.25) is 10.0 Å². The number of aromatic nitrogens is 2. The number of halogens is 3. The highest BCUT2D eigenvalue weighted by atomic mass is 79.9. The molecule has 0 saturated carbocycles. The van der Waals surface area contributed by atoms with Crippen LogP contribution in [0.25, 0.3) is 0 Å². The minimum atomic E-state index is 0.437. The molecular formula is C12H12BrCl2N3O. The van der Waals surface area contributed by atoms with Gasteiger partial charge in [-0.25, -0.2) is 4.68 Å². The van der Waals surface area contributed by atoms with Crippen molar-refractivity contribution in [2.75, 3.05) is 5.73 Å². The van der Waals surface area contributed by atoms with E-state index >= 15 is 0 Å². The Morgan fingerprint density at radius 3 is 2.63 bits per heavy atom. The summed E-state index contributed by atoms with van der Waals surface area (Å²) in [5.41, 5.74) is 7.29. The van der Waals surface area contributed by atoms with Gasteiger partial charge in [0.2, 0.25) is 5.88 Å². The Hall–Kier alpha value is -0.910. The van der Waals surface area contributed by atoms with E-state index in [9.17, 15) is 0 Å². The number of ether oxygens (including phenoxy) is 1. The van der Waals surface area contributed by atoms with E-state index in [0.717, 1.165) is 12.1 Å². The van der Waals surface area contributed by atoms with Crippen LogP contribution in [0.5, 0.6) is 11.6 Å². The molecule has 7 heteroatoms. The number of anilines is 1. The molecule has 0 bridgehead atoms. The second-order valence-electron chi connectivity index (χ2n) is 3.94. The predicted molar refractivity (Wildman–Crippen MR) is 81.2 cm³/mol. The number of nitrogens with zero attached hydrogens (tertiary/aromatic N) is 2. The monoisotopic (exact) mass is 363 g/mol. The van der Waals surface area contributed by atoms with Crippen molar-refractivity contribution in [1.29, 1.82) is 0 Å². The molecule has 0 fully saturated rings. The van der Waals surface area contributed by atoms with Gasteiger partial charge in [-0.3, -0.25) is 0 Å². The maximum absolute atomic E-state index is 6.11. The van der Waals surface area contributed by atoms with Gasteiger partial charge in [-0.2, -0.15) is 5.10 Å². The van der Waals surface area contributed by atoms with E-state index in [4.69, 9.17) is 33.7 Å². The summed E-state index contributed by atoms with van der Waals surface area (Å²) in [5, 5.41) is 5.23. The molecule has 102 valence electrons. The molecule has 0 aliphatic heterocycles. The third kappa shape index (κ3) is 2.83. The van der Waals surface area contributed by atoms with Gasteiger partial charge < -0.3 is 10.5 Å². The maximum Gasteiger partial charge on any atom is 0.241 e. The molecule has 2 aromatic rings. The molecule has 0 unspecified atom stereocenters. The average Bonchev–Trinajstić information content (AvgIpc) is 2.63. The van der Waals surface area contributed by atoms with Crippen LogP contribution in [-0.2, 0) is 13.5 Å². The van der Waals surface area contributed by atoms with Gasteiger partial charge in [0.25, 0.3) is 0 Å². The van der Waals surface area contributed by atoms with E-state index in [2.05, 4.69) is 21.0 Å². The Morgan fingerprint density at radius 1 is 1.37 bits per heavy atom. The van der Waals surface area contributed by atoms with Crippen LogP contribution >= 0.6 is 39.1 Å². The molecule has 0 saturated heterocycles. The Kier molecular flexibility index (Phi) is 4.28. The van der Waals surface area contributed by atoms with Crippen molar-refractivity contribution in [1.82, 2.24) is 9.78 Å². The van der Waals surface area contributed by atoms with Crippen LogP contribution < -0.4 is 10.5 Å². The second kappa shape index (κ2) is 5.61. The number of nitrogens with two attached hydrogens (primary N) is 1. The highest BCUT2D eigenvalue weighted by Gasteiger charge is 2.16. The first kappa shape index (κ1) is 14.5. The van der Waals surface area contributed by atoms with Crippen molar-refractivity contribution in [3.05, 3.63) is 32.3 Å². The lowest BCUT2D eigenvalue weighted by atomic mass is 10.3. The first-order valence-corrected chi connectivity index (χ1v) is 7.12. The van der Waals surface area contributed by atoms with Gasteiger partial charge in [0.05, 0.1) is 15.7 Å². The fourth-order valence-corrected chi connectivity index (χ4v) is 2.48. The third-order valence-corrected chi connectivity index (χ3v) is 4.11. The smallest absolute Gasteiger partial charge is 0.241 e. The Labute approximate surface area is 129 Å². The zero-order valence-electron chi connectivity index (χ0n) is 10.4. The highest BCUT2D eigenvalue weighted by molar-refractivity contribution is 9.10. The summed E-state index contributed by atoms with van der Waals surface area (Å²) >= 11 is 15.4. The highest BCUT2D eigenvalue weighted by Crippen LogP contribution is 2.38. The summed E-state index contributed by atoms with van der Waals surface area (Å²) < 4.78 is 8.02. The fraction of sp³-hybridized carbons (Fsp3) is 0.250. The van der Waals surface area contributed by atoms with E-state index in [1.807, 2.05) is 6.92 Å². The number of nitrogen functional groups attached to an aromatic ring is 1. The van der Waals surface area contributed by atoms with Gasteiger partial charge in [0.15, 0.2) is 0 Å². The first-order valence-electron chi connectivity index (χ1n) is 5.57. The number of rotatable bonds is 3. The topological polar surface area (TPSA) is 53.1 Å². The van der Waals surface area contributed by atoms with Crippen molar-refractivity contribution >= 4 is 44.8 Å². The van der Waals surface area contributed by atoms with E-state index in [1.165, 1.54) is 0 Å². The molecule has 2 N–H and O–H groups in total. The van der Waals surface area contributed by atoms with Crippen molar-refractivity contribution in [2.45, 2.75) is 13.3 Å². The first-order chi connectivity index (χ1) is 8.93. The number of benzene rings is 1. The molecule has 1 aromatic carbocycles. The normalized spacial score (nSPS) is 10.8. The largest absolute Gasteiger partial charge is 0.436 e. The van der Waals surface area contributed by atoms with E-state index < -0.39 is 0 Å². The molecule has 0 atom stereocenters. The van der Waals surface area contributed by atoms with Crippen molar-refractivity contribution < 1.29 is 4.74 Å². The lowest BCUT2D eigenvalue weighted by Gasteiger charge is -2.09. The van der Waals surface area contributed by atoms with E-state index in [1.54, 1.807) is 23.9 Å². The summed E-state index contributed by atoms with van der Waals surface area (Å²) in [5.74, 6) is 0.893. The average molecular weight is 365 g/mol. The Balaban J connectivity index is 2.42. The summed E-state index contributed by atoms with van der Waals surface area (Å²) in [4.78, 5) is 0. The predicted octanol–water partition coefficient (Wildman–Crippen LogP) is 4.43. The zero-order chi connectivity index (χ0) is 14.2. The van der Waals surface area contributed by atoms with Crippen molar-refractivity contribution in [2.24, 2.45) is 7.05 Å². The third-order valence-electron chi connectivity index (χ3n) is 2.62. The van der Waals surface area contributed by atoms with Gasteiger partial charge >= 0.3 is 0 Å². The van der Waals surface area contributed by atoms with Crippen molar-refractivity contribution in [3.63, 3.8) is 0 Å². The Morgan fingerprint density at radius 2 is 2.05 bits per heavy atom. The van der Waals surface area contributed by atoms with Crippen LogP contribution in [0.1, 0.15) is 12.6 Å². The van der Waals surface area contributed by atoms with Crippen LogP contribution in [-0.4, -0.2) is 9.78 Å². The summed E-state index contributed by atoms with van der Waals surface area (Å²) in [7, 11) is 1.76. The van der Waals surface area contributed by atoms with E-state index in [-0.39, 0.29) is 0 Å². The standard InChI is InChI=1S/C12H12BrCl2N3O/c1-3-9-11(16)12(18(2)17-9)19-10-5-7(14)6(13)4-8(10)15/h4-5H,3,16H2,1-2H3. The second-order valence-corrected chi connectivity index (χ2v) is 5.61. The molecular weight excluding hydrogens is 353 g/mol. The minimum Gasteiger partial charge on any atom is -0.436 e.